The van der Waals surface area contributed by atoms with Gasteiger partial charge in [0.25, 0.3) is 0 Å². The Hall–Kier alpha value is -1.31. The molecule has 1 aromatic rings. The normalized spacial score (nSPS) is 10.5. The fourth-order valence-electron chi connectivity index (χ4n) is 0.816. The van der Waals surface area contributed by atoms with Crippen LogP contribution < -0.4 is 0 Å². The smallest absolute Gasteiger partial charge is 0.0302 e. The topological polar surface area (TPSA) is 28.1 Å². The molecule has 1 aromatic heterocycles. The maximum Gasteiger partial charge on any atom is 0.0302 e. The van der Waals surface area contributed by atoms with Gasteiger partial charge in [0.1, 0.15) is 0 Å². The van der Waals surface area contributed by atoms with E-state index in [1.165, 1.54) is 0 Å². The molecule has 0 aliphatic heterocycles. The van der Waals surface area contributed by atoms with E-state index in [2.05, 4.69) is 16.6 Å². The molecular formula is C8H10N2. The summed E-state index contributed by atoms with van der Waals surface area (Å²) in [4.78, 5) is 6.87. The van der Waals surface area contributed by atoms with Gasteiger partial charge in [-0.25, -0.2) is 0 Å². The number of nitrogens with one attached hydrogen (secondary N) is 1. The molecule has 0 atom stereocenters. The van der Waals surface area contributed by atoms with Crippen LogP contribution in [0.5, 0.6) is 0 Å². The van der Waals surface area contributed by atoms with Gasteiger partial charge in [0.05, 0.1) is 0 Å². The standard InChI is InChI=1S/C8H10N2/c1-3-7-5-10-6-8(7)4-9-2/h3-6,10H,1H2,2H3. The van der Waals surface area contributed by atoms with E-state index in [0.717, 1.165) is 11.1 Å². The van der Waals surface area contributed by atoms with Crippen LogP contribution in [-0.2, 0) is 0 Å². The van der Waals surface area contributed by atoms with Crippen LogP contribution in [0.15, 0.2) is 24.0 Å². The summed E-state index contributed by atoms with van der Waals surface area (Å²) in [6.45, 7) is 3.66. The molecule has 1 N–H and O–H groups in total. The minimum Gasteiger partial charge on any atom is -0.366 e. The maximum absolute atomic E-state index is 3.89. The Morgan fingerprint density at radius 1 is 1.50 bits per heavy atom. The van der Waals surface area contributed by atoms with Crippen molar-refractivity contribution in [3.05, 3.63) is 30.1 Å². The molecule has 0 aliphatic rings. The quantitative estimate of drug-likeness (QED) is 0.596. The Balaban J connectivity index is 3.00. The predicted octanol–water partition coefficient (Wildman–Crippen LogP) is 1.71. The van der Waals surface area contributed by atoms with Crippen molar-refractivity contribution < 1.29 is 0 Å². The second-order valence-corrected chi connectivity index (χ2v) is 1.96. The minimum atomic E-state index is 1.08. The van der Waals surface area contributed by atoms with Gasteiger partial charge >= 0.3 is 0 Å². The average molecular weight is 134 g/mol. The zero-order chi connectivity index (χ0) is 7.40. The van der Waals surface area contributed by atoms with Crippen molar-refractivity contribution in [3.8, 4) is 0 Å². The lowest BCUT2D eigenvalue weighted by atomic mass is 10.2. The van der Waals surface area contributed by atoms with Crippen molar-refractivity contribution in [2.45, 2.75) is 0 Å². The Kier molecular flexibility index (Phi) is 2.05. The molecule has 1 rings (SSSR count). The Morgan fingerprint density at radius 3 is 2.80 bits per heavy atom. The van der Waals surface area contributed by atoms with Gasteiger partial charge in [-0.1, -0.05) is 12.7 Å². The third-order valence-electron chi connectivity index (χ3n) is 1.30. The third kappa shape index (κ3) is 1.16. The Bertz CT molecular complexity index is 246. The lowest BCUT2D eigenvalue weighted by molar-refractivity contribution is 1.41. The SMILES string of the molecule is C=Cc1c[nH]cc1C=NC. The molecule has 1 heterocycles. The number of H-pyrrole nitrogens is 1. The van der Waals surface area contributed by atoms with Crippen molar-refractivity contribution in [2.24, 2.45) is 4.99 Å². The van der Waals surface area contributed by atoms with Gasteiger partial charge in [0, 0.05) is 36.8 Å². The first-order valence-electron chi connectivity index (χ1n) is 3.10. The summed E-state index contributed by atoms with van der Waals surface area (Å²) in [5.41, 5.74) is 2.17. The van der Waals surface area contributed by atoms with Crippen molar-refractivity contribution in [1.29, 1.82) is 0 Å². The molecule has 0 spiro atoms. The van der Waals surface area contributed by atoms with E-state index in [1.807, 2.05) is 12.4 Å². The molecule has 0 fully saturated rings. The van der Waals surface area contributed by atoms with Crippen LogP contribution >= 0.6 is 0 Å². The van der Waals surface area contributed by atoms with Gasteiger partial charge in [-0.3, -0.25) is 4.99 Å². The van der Waals surface area contributed by atoms with Gasteiger partial charge in [0.2, 0.25) is 0 Å². The molecule has 0 aromatic carbocycles. The highest BCUT2D eigenvalue weighted by Crippen LogP contribution is 2.05. The molecule has 0 aliphatic carbocycles. The van der Waals surface area contributed by atoms with Gasteiger partial charge in [0.15, 0.2) is 0 Å². The molecule has 0 saturated heterocycles. The highest BCUT2D eigenvalue weighted by molar-refractivity contribution is 5.84. The van der Waals surface area contributed by atoms with Gasteiger partial charge in [-0.2, -0.15) is 0 Å². The zero-order valence-corrected chi connectivity index (χ0v) is 5.96. The molecule has 52 valence electrons. The van der Waals surface area contributed by atoms with E-state index in [1.54, 1.807) is 19.3 Å². The van der Waals surface area contributed by atoms with Crippen LogP contribution in [0.3, 0.4) is 0 Å². The summed E-state index contributed by atoms with van der Waals surface area (Å²) in [7, 11) is 1.75. The van der Waals surface area contributed by atoms with Crippen molar-refractivity contribution in [1.82, 2.24) is 4.98 Å². The Labute approximate surface area is 60.3 Å². The van der Waals surface area contributed by atoms with E-state index in [4.69, 9.17) is 0 Å². The molecule has 0 amide bonds. The van der Waals surface area contributed by atoms with Gasteiger partial charge in [-0.05, 0) is 0 Å². The van der Waals surface area contributed by atoms with Crippen LogP contribution in [0.2, 0.25) is 0 Å². The van der Waals surface area contributed by atoms with E-state index >= 15 is 0 Å². The van der Waals surface area contributed by atoms with E-state index in [9.17, 15) is 0 Å². The number of rotatable bonds is 2. The molecular weight excluding hydrogens is 124 g/mol. The van der Waals surface area contributed by atoms with Crippen LogP contribution in [0.25, 0.3) is 6.08 Å². The number of hydrogen-bond acceptors (Lipinski definition) is 1. The van der Waals surface area contributed by atoms with Crippen LogP contribution in [0, 0.1) is 0 Å². The summed E-state index contributed by atoms with van der Waals surface area (Å²) >= 11 is 0. The van der Waals surface area contributed by atoms with Crippen LogP contribution in [-0.4, -0.2) is 18.2 Å². The molecule has 10 heavy (non-hydrogen) atoms. The van der Waals surface area contributed by atoms with E-state index < -0.39 is 0 Å². The third-order valence-corrected chi connectivity index (χ3v) is 1.30. The van der Waals surface area contributed by atoms with Crippen molar-refractivity contribution in [2.75, 3.05) is 7.05 Å². The number of nitrogens with zero attached hydrogens (tertiary/aromatic N) is 1. The summed E-state index contributed by atoms with van der Waals surface area (Å²) in [5, 5.41) is 0. The van der Waals surface area contributed by atoms with Crippen molar-refractivity contribution in [3.63, 3.8) is 0 Å². The lowest BCUT2D eigenvalue weighted by Crippen LogP contribution is -1.77. The largest absolute Gasteiger partial charge is 0.366 e. The first-order valence-corrected chi connectivity index (χ1v) is 3.10. The molecule has 0 unspecified atom stereocenters. The number of aromatic amines is 1. The number of hydrogen-bond donors (Lipinski definition) is 1. The number of aromatic nitrogens is 1. The fraction of sp³-hybridized carbons (Fsp3) is 0.125. The summed E-state index contributed by atoms with van der Waals surface area (Å²) in [5.74, 6) is 0. The molecule has 0 bridgehead atoms. The first-order chi connectivity index (χ1) is 4.88. The molecule has 2 nitrogen and oxygen atoms in total. The maximum atomic E-state index is 3.89. The average Bonchev–Trinajstić information content (AvgIpc) is 2.36. The van der Waals surface area contributed by atoms with Crippen LogP contribution in [0.4, 0.5) is 0 Å². The van der Waals surface area contributed by atoms with Crippen molar-refractivity contribution >= 4 is 12.3 Å². The number of aliphatic imine (C=N–C) groups is 1. The molecule has 2 heteroatoms. The second-order valence-electron chi connectivity index (χ2n) is 1.96. The molecule has 0 radical (unpaired) electrons. The second kappa shape index (κ2) is 3.01. The van der Waals surface area contributed by atoms with Gasteiger partial charge < -0.3 is 4.98 Å². The summed E-state index contributed by atoms with van der Waals surface area (Å²) in [6.07, 6.45) is 7.38. The highest BCUT2D eigenvalue weighted by Gasteiger charge is 1.93. The van der Waals surface area contributed by atoms with Gasteiger partial charge in [-0.15, -0.1) is 0 Å². The highest BCUT2D eigenvalue weighted by atomic mass is 14.7. The molecule has 0 saturated carbocycles. The predicted molar refractivity (Wildman–Crippen MR) is 44.4 cm³/mol. The Morgan fingerprint density at radius 2 is 2.20 bits per heavy atom. The fourth-order valence-corrected chi connectivity index (χ4v) is 0.816. The lowest BCUT2D eigenvalue weighted by Gasteiger charge is -1.85. The zero-order valence-electron chi connectivity index (χ0n) is 5.96. The monoisotopic (exact) mass is 134 g/mol. The van der Waals surface area contributed by atoms with E-state index in [0.29, 0.717) is 0 Å². The first kappa shape index (κ1) is 6.81. The minimum absolute atomic E-state index is 1.08. The summed E-state index contributed by atoms with van der Waals surface area (Å²) in [6, 6.07) is 0. The summed E-state index contributed by atoms with van der Waals surface area (Å²) < 4.78 is 0. The van der Waals surface area contributed by atoms with Crippen LogP contribution in [0.1, 0.15) is 11.1 Å². The van der Waals surface area contributed by atoms with E-state index in [-0.39, 0.29) is 0 Å².